The van der Waals surface area contributed by atoms with Gasteiger partial charge in [-0.25, -0.2) is 9.97 Å². The van der Waals surface area contributed by atoms with Crippen LogP contribution >= 0.6 is 11.3 Å². The predicted molar refractivity (Wildman–Crippen MR) is 275 cm³/mol. The predicted octanol–water partition coefficient (Wildman–Crippen LogP) is 16.3. The van der Waals surface area contributed by atoms with Crippen molar-refractivity contribution in [3.8, 4) is 45.1 Å². The van der Waals surface area contributed by atoms with Crippen LogP contribution in [0.5, 0.6) is 0 Å². The molecule has 4 heterocycles. The highest BCUT2D eigenvalue weighted by atomic mass is 32.1. The molecule has 0 saturated heterocycles. The SMILES string of the molecule is c1ccc(-c2cc(-c3nc(-n4c5ccccc5c5cc(-c6ccc7c(c6)c6ccccc6n7-c6ccccc6)ccc54)nc4ccccc34)c3sc4c5ccccc5ccc4c3c2)cc1. The Labute approximate surface area is 377 Å². The normalized spacial score (nSPS) is 12.0. The Kier molecular flexibility index (Phi) is 7.82. The molecule has 4 aromatic heterocycles. The van der Waals surface area contributed by atoms with Gasteiger partial charge in [-0.1, -0.05) is 152 Å². The molecule has 302 valence electrons. The van der Waals surface area contributed by atoms with Gasteiger partial charge in [0.2, 0.25) is 5.95 Å². The average molecular weight is 845 g/mol. The van der Waals surface area contributed by atoms with Gasteiger partial charge in [0.15, 0.2) is 0 Å². The van der Waals surface area contributed by atoms with E-state index in [1.165, 1.54) is 63.9 Å². The second-order valence-electron chi connectivity index (χ2n) is 16.9. The Morgan fingerprint density at radius 3 is 1.63 bits per heavy atom. The summed E-state index contributed by atoms with van der Waals surface area (Å²) in [6, 6.07) is 79.0. The molecular weight excluding hydrogens is 809 g/mol. The van der Waals surface area contributed by atoms with E-state index in [2.05, 4.69) is 228 Å². The summed E-state index contributed by atoms with van der Waals surface area (Å²) >= 11 is 1.87. The third kappa shape index (κ3) is 5.49. The molecular formula is C60H36N4S. The highest BCUT2D eigenvalue weighted by Crippen LogP contribution is 2.46. The summed E-state index contributed by atoms with van der Waals surface area (Å²) in [7, 11) is 0. The van der Waals surface area contributed by atoms with Gasteiger partial charge in [0, 0.05) is 58.4 Å². The van der Waals surface area contributed by atoms with Crippen molar-refractivity contribution in [3.63, 3.8) is 0 Å². The van der Waals surface area contributed by atoms with E-state index in [9.17, 15) is 0 Å². The van der Waals surface area contributed by atoms with Crippen LogP contribution in [0.4, 0.5) is 0 Å². The topological polar surface area (TPSA) is 35.6 Å². The molecule has 0 saturated carbocycles. The van der Waals surface area contributed by atoms with E-state index >= 15 is 0 Å². The van der Waals surface area contributed by atoms with Crippen LogP contribution in [0.2, 0.25) is 0 Å². The molecule has 4 nitrogen and oxygen atoms in total. The number of rotatable bonds is 5. The van der Waals surface area contributed by atoms with Gasteiger partial charge in [-0.15, -0.1) is 11.3 Å². The van der Waals surface area contributed by atoms with Crippen molar-refractivity contribution in [3.05, 3.63) is 218 Å². The van der Waals surface area contributed by atoms with E-state index in [1.807, 2.05) is 11.3 Å². The van der Waals surface area contributed by atoms with E-state index in [-0.39, 0.29) is 0 Å². The van der Waals surface area contributed by atoms with Crippen LogP contribution < -0.4 is 0 Å². The summed E-state index contributed by atoms with van der Waals surface area (Å²) in [6.07, 6.45) is 0. The number of nitrogens with zero attached hydrogens (tertiary/aromatic N) is 4. The molecule has 10 aromatic carbocycles. The molecule has 0 radical (unpaired) electrons. The first-order valence-electron chi connectivity index (χ1n) is 22.1. The molecule has 0 spiro atoms. The van der Waals surface area contributed by atoms with E-state index in [1.54, 1.807) is 0 Å². The van der Waals surface area contributed by atoms with Crippen LogP contribution in [0.3, 0.4) is 0 Å². The molecule has 0 unspecified atom stereocenters. The van der Waals surface area contributed by atoms with Gasteiger partial charge < -0.3 is 4.57 Å². The zero-order valence-electron chi connectivity index (χ0n) is 35.0. The molecule has 0 aliphatic heterocycles. The minimum atomic E-state index is 0.651. The first kappa shape index (κ1) is 36.1. The fourth-order valence-electron chi connectivity index (χ4n) is 10.3. The van der Waals surface area contributed by atoms with Gasteiger partial charge in [-0.3, -0.25) is 4.57 Å². The van der Waals surface area contributed by atoms with Crippen molar-refractivity contribution in [2.24, 2.45) is 0 Å². The number of fused-ring (bicyclic) bond motifs is 12. The number of aromatic nitrogens is 4. The van der Waals surface area contributed by atoms with Gasteiger partial charge in [-0.2, -0.15) is 0 Å². The molecule has 14 rings (SSSR count). The van der Waals surface area contributed by atoms with Gasteiger partial charge in [0.25, 0.3) is 0 Å². The fraction of sp³-hybridized carbons (Fsp3) is 0. The Morgan fingerprint density at radius 1 is 0.323 bits per heavy atom. The Bertz CT molecular complexity index is 4240. The number of hydrogen-bond acceptors (Lipinski definition) is 3. The second kappa shape index (κ2) is 14.1. The molecule has 0 aliphatic rings. The van der Waals surface area contributed by atoms with Gasteiger partial charge >= 0.3 is 0 Å². The Hall–Kier alpha value is -8.38. The van der Waals surface area contributed by atoms with Gasteiger partial charge in [0.1, 0.15) is 0 Å². The van der Waals surface area contributed by atoms with Crippen molar-refractivity contribution < 1.29 is 0 Å². The number of thiophene rings is 1. The van der Waals surface area contributed by atoms with E-state index in [0.29, 0.717) is 5.95 Å². The summed E-state index contributed by atoms with van der Waals surface area (Å²) in [5.74, 6) is 0.651. The lowest BCUT2D eigenvalue weighted by molar-refractivity contribution is 1.01. The lowest BCUT2D eigenvalue weighted by atomic mass is 9.96. The Balaban J connectivity index is 0.991. The number of benzene rings is 10. The number of hydrogen-bond donors (Lipinski definition) is 0. The molecule has 0 aliphatic carbocycles. The Morgan fingerprint density at radius 2 is 0.892 bits per heavy atom. The van der Waals surface area contributed by atoms with Crippen LogP contribution in [0.25, 0.3) is 131 Å². The molecule has 5 heteroatoms. The van der Waals surface area contributed by atoms with Crippen molar-refractivity contribution in [2.75, 3.05) is 0 Å². The van der Waals surface area contributed by atoms with Crippen LogP contribution in [-0.2, 0) is 0 Å². The molecule has 14 aromatic rings. The third-order valence-electron chi connectivity index (χ3n) is 13.3. The highest BCUT2D eigenvalue weighted by molar-refractivity contribution is 7.27. The molecule has 0 N–H and O–H groups in total. The smallest absolute Gasteiger partial charge is 0.235 e. The lowest BCUT2D eigenvalue weighted by Crippen LogP contribution is -2.03. The molecule has 0 atom stereocenters. The molecule has 0 fully saturated rings. The molecule has 0 amide bonds. The second-order valence-corrected chi connectivity index (χ2v) is 17.9. The van der Waals surface area contributed by atoms with Crippen molar-refractivity contribution >= 4 is 96.8 Å². The van der Waals surface area contributed by atoms with Crippen molar-refractivity contribution in [1.29, 1.82) is 0 Å². The minimum absolute atomic E-state index is 0.651. The van der Waals surface area contributed by atoms with Crippen LogP contribution in [0.1, 0.15) is 0 Å². The summed E-state index contributed by atoms with van der Waals surface area (Å²) < 4.78 is 7.15. The highest BCUT2D eigenvalue weighted by Gasteiger charge is 2.22. The largest absolute Gasteiger partial charge is 0.309 e. The third-order valence-corrected chi connectivity index (χ3v) is 14.6. The summed E-state index contributed by atoms with van der Waals surface area (Å²) in [6.45, 7) is 0. The zero-order chi connectivity index (χ0) is 42.6. The molecule has 65 heavy (non-hydrogen) atoms. The molecule has 0 bridgehead atoms. The van der Waals surface area contributed by atoms with Crippen molar-refractivity contribution in [2.45, 2.75) is 0 Å². The van der Waals surface area contributed by atoms with E-state index in [4.69, 9.17) is 9.97 Å². The first-order chi connectivity index (χ1) is 32.2. The zero-order valence-corrected chi connectivity index (χ0v) is 35.8. The monoisotopic (exact) mass is 844 g/mol. The maximum atomic E-state index is 5.66. The van der Waals surface area contributed by atoms with Crippen LogP contribution in [-0.4, -0.2) is 19.1 Å². The standard InChI is InChI=1S/C60H36N4S/c1-3-15-37(16-4-1)41-35-50-46-30-27-38-17-7-8-20-43(38)58(46)65-59(50)51(36-41)57-47-23-9-12-24-52(47)61-60(62-57)64-54-26-14-11-22-45(54)49-34-40(29-32-56(49)64)39-28-31-55-48(33-39)44-21-10-13-25-53(44)63(55)42-18-5-2-6-19-42/h1-36H. The number of para-hydroxylation sites is 4. The maximum Gasteiger partial charge on any atom is 0.235 e. The van der Waals surface area contributed by atoms with Crippen molar-refractivity contribution in [1.82, 2.24) is 19.1 Å². The summed E-state index contributed by atoms with van der Waals surface area (Å²) in [5, 5.41) is 10.8. The van der Waals surface area contributed by atoms with E-state index in [0.717, 1.165) is 60.8 Å². The van der Waals surface area contributed by atoms with E-state index < -0.39 is 0 Å². The first-order valence-corrected chi connectivity index (χ1v) is 22.9. The fourth-order valence-corrected chi connectivity index (χ4v) is 11.7. The lowest BCUT2D eigenvalue weighted by Gasteiger charge is -2.14. The summed E-state index contributed by atoms with van der Waals surface area (Å²) in [4.78, 5) is 11.0. The van der Waals surface area contributed by atoms with Crippen LogP contribution in [0.15, 0.2) is 218 Å². The van der Waals surface area contributed by atoms with Gasteiger partial charge in [-0.05, 0) is 99.8 Å². The van der Waals surface area contributed by atoms with Gasteiger partial charge in [0.05, 0.1) is 33.3 Å². The quantitative estimate of drug-likeness (QED) is 0.173. The maximum absolute atomic E-state index is 5.66. The summed E-state index contributed by atoms with van der Waals surface area (Å²) in [5.41, 5.74) is 13.3. The average Bonchev–Trinajstić information content (AvgIpc) is 4.04. The van der Waals surface area contributed by atoms with Crippen LogP contribution in [0, 0.1) is 0 Å². The minimum Gasteiger partial charge on any atom is -0.309 e.